The van der Waals surface area contributed by atoms with E-state index < -0.39 is 10.0 Å². The Morgan fingerprint density at radius 1 is 1.00 bits per heavy atom. The van der Waals surface area contributed by atoms with Crippen LogP contribution in [0.1, 0.15) is 35.2 Å². The summed E-state index contributed by atoms with van der Waals surface area (Å²) < 4.78 is 38.5. The predicted molar refractivity (Wildman–Crippen MR) is 123 cm³/mol. The zero-order valence-electron chi connectivity index (χ0n) is 17.4. The van der Waals surface area contributed by atoms with Crippen LogP contribution in [0, 0.1) is 0 Å². The van der Waals surface area contributed by atoms with Crippen LogP contribution in [0.15, 0.2) is 35.2 Å². The molecule has 2 aliphatic rings. The molecule has 7 nitrogen and oxygen atoms in total. The molecule has 0 radical (unpaired) electrons. The van der Waals surface area contributed by atoms with Gasteiger partial charge in [0, 0.05) is 25.2 Å². The number of halogens is 2. The standard InChI is InChI=1S/C22H24Cl2N2O5S/c23-17-5-4-16(14-20(17)32(28,29)26-8-2-1-3-9-26)22(27)25-7-6-15-12-18(24)21-19(13-15)30-10-11-31-21/h4-5,12-14H,1-3,6-11H2,(H,25,27). The molecular weight excluding hydrogens is 475 g/mol. The Hall–Kier alpha value is -2.00. The van der Waals surface area contributed by atoms with Gasteiger partial charge in [0.05, 0.1) is 10.0 Å². The first-order valence-electron chi connectivity index (χ1n) is 10.5. The molecule has 1 amide bonds. The van der Waals surface area contributed by atoms with E-state index in [1.165, 1.54) is 22.5 Å². The minimum absolute atomic E-state index is 0.0349. The van der Waals surface area contributed by atoms with Crippen molar-refractivity contribution in [3.05, 3.63) is 51.5 Å². The number of nitrogens with one attached hydrogen (secondary N) is 1. The lowest BCUT2D eigenvalue weighted by molar-refractivity contribution is 0.0954. The molecule has 0 unspecified atom stereocenters. The molecule has 1 saturated heterocycles. The maximum Gasteiger partial charge on any atom is 0.251 e. The van der Waals surface area contributed by atoms with Gasteiger partial charge in [-0.1, -0.05) is 29.6 Å². The Kier molecular flexibility index (Phi) is 7.14. The van der Waals surface area contributed by atoms with Crippen molar-refractivity contribution in [2.45, 2.75) is 30.6 Å². The largest absolute Gasteiger partial charge is 0.486 e. The van der Waals surface area contributed by atoms with Crippen LogP contribution in [0.2, 0.25) is 10.0 Å². The molecule has 0 aliphatic carbocycles. The molecule has 0 aromatic heterocycles. The highest BCUT2D eigenvalue weighted by atomic mass is 35.5. The van der Waals surface area contributed by atoms with Crippen molar-refractivity contribution in [2.75, 3.05) is 32.8 Å². The van der Waals surface area contributed by atoms with Crippen LogP contribution in [0.5, 0.6) is 11.5 Å². The van der Waals surface area contributed by atoms with Gasteiger partial charge >= 0.3 is 0 Å². The van der Waals surface area contributed by atoms with E-state index in [0.29, 0.717) is 55.8 Å². The van der Waals surface area contributed by atoms with Crippen LogP contribution < -0.4 is 14.8 Å². The molecule has 1 fully saturated rings. The van der Waals surface area contributed by atoms with Crippen molar-refractivity contribution in [1.82, 2.24) is 9.62 Å². The first kappa shape index (κ1) is 23.2. The summed E-state index contributed by atoms with van der Waals surface area (Å²) in [6.07, 6.45) is 3.17. The minimum Gasteiger partial charge on any atom is -0.486 e. The highest BCUT2D eigenvalue weighted by Crippen LogP contribution is 2.38. The van der Waals surface area contributed by atoms with Gasteiger partial charge in [-0.05, 0) is 55.2 Å². The number of rotatable bonds is 6. The Balaban J connectivity index is 1.43. The SMILES string of the molecule is O=C(NCCc1cc(Cl)c2c(c1)OCCO2)c1ccc(Cl)c(S(=O)(=O)N2CCCCC2)c1. The van der Waals surface area contributed by atoms with E-state index in [9.17, 15) is 13.2 Å². The molecule has 172 valence electrons. The van der Waals surface area contributed by atoms with E-state index in [1.807, 2.05) is 6.07 Å². The number of hydrogen-bond acceptors (Lipinski definition) is 5. The van der Waals surface area contributed by atoms with Gasteiger partial charge in [-0.2, -0.15) is 4.31 Å². The maximum absolute atomic E-state index is 13.0. The molecule has 0 atom stereocenters. The molecular formula is C22H24Cl2N2O5S. The number of fused-ring (bicyclic) bond motifs is 1. The summed E-state index contributed by atoms with van der Waals surface area (Å²) in [6.45, 7) is 2.19. The van der Waals surface area contributed by atoms with E-state index in [-0.39, 0.29) is 21.4 Å². The Morgan fingerprint density at radius 2 is 1.75 bits per heavy atom. The van der Waals surface area contributed by atoms with Gasteiger partial charge in [0.25, 0.3) is 5.91 Å². The van der Waals surface area contributed by atoms with Gasteiger partial charge in [0.2, 0.25) is 10.0 Å². The van der Waals surface area contributed by atoms with Gasteiger partial charge in [-0.25, -0.2) is 8.42 Å². The number of amides is 1. The molecule has 2 aromatic carbocycles. The van der Waals surface area contributed by atoms with E-state index in [2.05, 4.69) is 5.32 Å². The third-order valence-electron chi connectivity index (χ3n) is 5.48. The maximum atomic E-state index is 13.0. The van der Waals surface area contributed by atoms with E-state index in [1.54, 1.807) is 6.07 Å². The van der Waals surface area contributed by atoms with Crippen LogP contribution in [0.4, 0.5) is 0 Å². The number of carbonyl (C=O) groups is 1. The van der Waals surface area contributed by atoms with E-state index in [0.717, 1.165) is 24.8 Å². The number of ether oxygens (including phenoxy) is 2. The summed E-state index contributed by atoms with van der Waals surface area (Å²) in [6, 6.07) is 7.95. The molecule has 32 heavy (non-hydrogen) atoms. The second-order valence-corrected chi connectivity index (χ2v) is 10.4. The Morgan fingerprint density at radius 3 is 2.53 bits per heavy atom. The van der Waals surface area contributed by atoms with E-state index >= 15 is 0 Å². The van der Waals surface area contributed by atoms with Gasteiger partial charge in [0.1, 0.15) is 18.1 Å². The van der Waals surface area contributed by atoms with Gasteiger partial charge in [0.15, 0.2) is 11.5 Å². The van der Waals surface area contributed by atoms with Crippen molar-refractivity contribution >= 4 is 39.1 Å². The molecule has 2 heterocycles. The normalized spacial score (nSPS) is 16.6. The van der Waals surface area contributed by atoms with Crippen LogP contribution in [-0.2, 0) is 16.4 Å². The number of hydrogen-bond donors (Lipinski definition) is 1. The average molecular weight is 499 g/mol. The molecule has 0 saturated carbocycles. The summed E-state index contributed by atoms with van der Waals surface area (Å²) in [5.74, 6) is 0.755. The fourth-order valence-corrected chi connectivity index (χ4v) is 6.12. The smallest absolute Gasteiger partial charge is 0.251 e. The van der Waals surface area contributed by atoms with Gasteiger partial charge in [-0.15, -0.1) is 0 Å². The van der Waals surface area contributed by atoms with Crippen LogP contribution >= 0.6 is 23.2 Å². The number of sulfonamides is 1. The summed E-state index contributed by atoms with van der Waals surface area (Å²) in [4.78, 5) is 12.6. The van der Waals surface area contributed by atoms with Crippen molar-refractivity contribution in [2.24, 2.45) is 0 Å². The second kappa shape index (κ2) is 9.87. The van der Waals surface area contributed by atoms with Crippen molar-refractivity contribution in [1.29, 1.82) is 0 Å². The van der Waals surface area contributed by atoms with Gasteiger partial charge in [-0.3, -0.25) is 4.79 Å². The lowest BCUT2D eigenvalue weighted by Crippen LogP contribution is -2.36. The Labute approximate surface area is 197 Å². The summed E-state index contributed by atoms with van der Waals surface area (Å²) in [7, 11) is -3.74. The third kappa shape index (κ3) is 4.98. The molecule has 10 heteroatoms. The lowest BCUT2D eigenvalue weighted by Gasteiger charge is -2.26. The van der Waals surface area contributed by atoms with Crippen molar-refractivity contribution in [3.8, 4) is 11.5 Å². The first-order chi connectivity index (χ1) is 15.4. The van der Waals surface area contributed by atoms with E-state index in [4.69, 9.17) is 32.7 Å². The fraction of sp³-hybridized carbons (Fsp3) is 0.409. The lowest BCUT2D eigenvalue weighted by atomic mass is 10.1. The minimum atomic E-state index is -3.74. The zero-order chi connectivity index (χ0) is 22.7. The number of piperidine rings is 1. The topological polar surface area (TPSA) is 84.9 Å². The van der Waals surface area contributed by atoms with Gasteiger partial charge < -0.3 is 14.8 Å². The van der Waals surface area contributed by atoms with Crippen molar-refractivity contribution < 1.29 is 22.7 Å². The number of carbonyl (C=O) groups excluding carboxylic acids is 1. The fourth-order valence-electron chi connectivity index (χ4n) is 3.82. The predicted octanol–water partition coefficient (Wildman–Crippen LogP) is 3.91. The molecule has 0 bridgehead atoms. The second-order valence-electron chi connectivity index (χ2n) is 7.72. The average Bonchev–Trinajstić information content (AvgIpc) is 2.80. The monoisotopic (exact) mass is 498 g/mol. The zero-order valence-corrected chi connectivity index (χ0v) is 19.7. The van der Waals surface area contributed by atoms with Crippen LogP contribution in [0.25, 0.3) is 0 Å². The molecule has 4 rings (SSSR count). The number of nitrogens with zero attached hydrogens (tertiary/aromatic N) is 1. The van der Waals surface area contributed by atoms with Crippen LogP contribution in [0.3, 0.4) is 0 Å². The summed E-state index contributed by atoms with van der Waals surface area (Å²) in [5.41, 5.74) is 1.13. The molecule has 2 aromatic rings. The highest BCUT2D eigenvalue weighted by molar-refractivity contribution is 7.89. The summed E-state index contributed by atoms with van der Waals surface area (Å²) in [5, 5.41) is 3.39. The Bertz CT molecular complexity index is 1120. The highest BCUT2D eigenvalue weighted by Gasteiger charge is 2.28. The molecule has 0 spiro atoms. The first-order valence-corrected chi connectivity index (χ1v) is 12.7. The van der Waals surface area contributed by atoms with Crippen molar-refractivity contribution in [3.63, 3.8) is 0 Å². The number of benzene rings is 2. The molecule has 2 aliphatic heterocycles. The quantitative estimate of drug-likeness (QED) is 0.652. The van der Waals surface area contributed by atoms with Crippen LogP contribution in [-0.4, -0.2) is 51.5 Å². The summed E-state index contributed by atoms with van der Waals surface area (Å²) >= 11 is 12.4. The third-order valence-corrected chi connectivity index (χ3v) is 8.14. The molecule has 1 N–H and O–H groups in total.